The van der Waals surface area contributed by atoms with Crippen LogP contribution in [0.2, 0.25) is 0 Å². The summed E-state index contributed by atoms with van der Waals surface area (Å²) in [5.74, 6) is 0.756. The number of nitrogens with zero attached hydrogens (tertiary/aromatic N) is 2. The maximum absolute atomic E-state index is 13.1. The number of anilines is 1. The second kappa shape index (κ2) is 8.65. The van der Waals surface area contributed by atoms with Crippen LogP contribution in [0.4, 0.5) is 11.4 Å². The van der Waals surface area contributed by atoms with Crippen LogP contribution in [0.1, 0.15) is 29.1 Å². The van der Waals surface area contributed by atoms with Gasteiger partial charge in [-0.05, 0) is 25.1 Å². The van der Waals surface area contributed by atoms with Gasteiger partial charge in [-0.25, -0.2) is 0 Å². The van der Waals surface area contributed by atoms with E-state index < -0.39 is 16.9 Å². The quantitative estimate of drug-likeness (QED) is 0.474. The van der Waals surface area contributed by atoms with Gasteiger partial charge in [0, 0.05) is 30.6 Å². The number of carbonyl (C=O) groups excluding carboxylic acids is 1. The molecule has 0 bridgehead atoms. The van der Waals surface area contributed by atoms with Crippen molar-refractivity contribution in [2.45, 2.75) is 13.0 Å². The molecule has 1 atom stereocenters. The summed E-state index contributed by atoms with van der Waals surface area (Å²) in [6.07, 6.45) is 0. The molecule has 1 amide bonds. The molecular weight excluding hydrogens is 402 g/mol. The Morgan fingerprint density at radius 2 is 2.00 bits per heavy atom. The minimum atomic E-state index is -0.505. The summed E-state index contributed by atoms with van der Waals surface area (Å²) in [6, 6.07) is 11.3. The van der Waals surface area contributed by atoms with Crippen LogP contribution in [0, 0.1) is 10.1 Å². The lowest BCUT2D eigenvalue weighted by Gasteiger charge is -2.30. The molecule has 9 heteroatoms. The highest BCUT2D eigenvalue weighted by atomic mass is 16.6. The Bertz CT molecular complexity index is 1120. The van der Waals surface area contributed by atoms with Crippen LogP contribution in [-0.4, -0.2) is 44.2 Å². The molecule has 1 fully saturated rings. The van der Waals surface area contributed by atoms with Gasteiger partial charge in [0.15, 0.2) is 11.3 Å². The van der Waals surface area contributed by atoms with Crippen LogP contribution < -0.4 is 15.0 Å². The average Bonchev–Trinajstić information content (AvgIpc) is 3.24. The average molecular weight is 425 g/mol. The first kappa shape index (κ1) is 20.7. The fourth-order valence-electron chi connectivity index (χ4n) is 3.68. The number of non-ortho nitro benzene ring substituents is 1. The Morgan fingerprint density at radius 3 is 2.71 bits per heavy atom. The molecule has 9 nitrogen and oxygen atoms in total. The Balaban J connectivity index is 1.62. The van der Waals surface area contributed by atoms with Crippen LogP contribution in [0.25, 0.3) is 11.0 Å². The minimum absolute atomic E-state index is 0.136. The van der Waals surface area contributed by atoms with Crippen LogP contribution in [-0.2, 0) is 4.74 Å². The normalized spacial score (nSPS) is 15.0. The Kier molecular flexibility index (Phi) is 5.77. The van der Waals surface area contributed by atoms with Crippen LogP contribution in [0.3, 0.4) is 0 Å². The number of para-hydroxylation sites is 1. The molecule has 162 valence electrons. The molecule has 0 spiro atoms. The van der Waals surface area contributed by atoms with Crippen LogP contribution >= 0.6 is 0 Å². The molecule has 0 aliphatic carbocycles. The van der Waals surface area contributed by atoms with Crippen molar-refractivity contribution in [2.75, 3.05) is 38.3 Å². The number of nitrogens with one attached hydrogen (secondary N) is 1. The van der Waals surface area contributed by atoms with Gasteiger partial charge in [0.2, 0.25) is 0 Å². The largest absolute Gasteiger partial charge is 0.493 e. The third-order valence-corrected chi connectivity index (χ3v) is 5.31. The summed E-state index contributed by atoms with van der Waals surface area (Å²) in [5.41, 5.74) is 1.36. The van der Waals surface area contributed by atoms with Gasteiger partial charge in [-0.2, -0.15) is 0 Å². The summed E-state index contributed by atoms with van der Waals surface area (Å²) in [7, 11) is 1.57. The zero-order chi connectivity index (χ0) is 22.0. The number of nitro benzene ring substituents is 1. The first-order chi connectivity index (χ1) is 15.0. The lowest BCUT2D eigenvalue weighted by atomic mass is 10.1. The predicted molar refractivity (Wildman–Crippen MR) is 115 cm³/mol. The van der Waals surface area contributed by atoms with Gasteiger partial charge in [0.05, 0.1) is 42.5 Å². The number of amides is 1. The summed E-state index contributed by atoms with van der Waals surface area (Å²) >= 11 is 0. The van der Waals surface area contributed by atoms with Crippen molar-refractivity contribution in [3.8, 4) is 5.75 Å². The van der Waals surface area contributed by atoms with E-state index in [9.17, 15) is 14.9 Å². The van der Waals surface area contributed by atoms with Crippen molar-refractivity contribution in [2.24, 2.45) is 0 Å². The van der Waals surface area contributed by atoms with Crippen molar-refractivity contribution >= 4 is 28.3 Å². The number of ether oxygens (including phenoxy) is 2. The van der Waals surface area contributed by atoms with Crippen molar-refractivity contribution in [1.82, 2.24) is 5.32 Å². The predicted octanol–water partition coefficient (Wildman–Crippen LogP) is 3.68. The molecule has 1 aromatic heterocycles. The van der Waals surface area contributed by atoms with Crippen LogP contribution in [0.5, 0.6) is 5.75 Å². The van der Waals surface area contributed by atoms with E-state index in [4.69, 9.17) is 13.9 Å². The number of rotatable bonds is 6. The van der Waals surface area contributed by atoms with E-state index in [0.29, 0.717) is 49.1 Å². The lowest BCUT2D eigenvalue weighted by molar-refractivity contribution is -0.384. The summed E-state index contributed by atoms with van der Waals surface area (Å²) in [6.45, 7) is 4.09. The molecule has 4 rings (SSSR count). The minimum Gasteiger partial charge on any atom is -0.493 e. The number of nitro groups is 1. The van der Waals surface area contributed by atoms with Crippen molar-refractivity contribution in [3.63, 3.8) is 0 Å². The number of fused-ring (bicyclic) bond motifs is 1. The summed E-state index contributed by atoms with van der Waals surface area (Å²) in [5, 5.41) is 15.0. The Hall–Kier alpha value is -3.59. The van der Waals surface area contributed by atoms with Crippen molar-refractivity contribution in [3.05, 3.63) is 63.9 Å². The number of benzene rings is 2. The second-order valence-corrected chi connectivity index (χ2v) is 7.28. The van der Waals surface area contributed by atoms with E-state index in [2.05, 4.69) is 5.32 Å². The number of hydrogen-bond acceptors (Lipinski definition) is 7. The molecule has 2 aromatic carbocycles. The van der Waals surface area contributed by atoms with Crippen molar-refractivity contribution < 1.29 is 23.6 Å². The maximum Gasteiger partial charge on any atom is 0.270 e. The van der Waals surface area contributed by atoms with E-state index in [-0.39, 0.29) is 11.3 Å². The molecule has 1 aliphatic rings. The molecule has 1 N–H and O–H groups in total. The fraction of sp³-hybridized carbons (Fsp3) is 0.318. The first-order valence-electron chi connectivity index (χ1n) is 9.96. The number of furan rings is 1. The molecule has 1 aliphatic heterocycles. The maximum atomic E-state index is 13.1. The number of methoxy groups -OCH3 is 1. The highest BCUT2D eigenvalue weighted by molar-refractivity contribution is 6.00. The molecule has 3 aromatic rings. The standard InChI is InChI=1S/C22H23N3O6/c1-14(20-12-15-4-3-5-19(29-2)21(15)31-20)23-22(26)17-13-16(25(27)28)6-7-18(17)24-8-10-30-11-9-24/h3-7,12-14H,8-11H2,1-2H3,(H,23,26). The van der Waals surface area contributed by atoms with Gasteiger partial charge >= 0.3 is 0 Å². The van der Waals surface area contributed by atoms with E-state index in [0.717, 1.165) is 5.39 Å². The van der Waals surface area contributed by atoms with E-state index in [1.807, 2.05) is 23.1 Å². The van der Waals surface area contributed by atoms with Gasteiger partial charge < -0.3 is 24.1 Å². The van der Waals surface area contributed by atoms with Gasteiger partial charge in [0.1, 0.15) is 5.76 Å². The smallest absolute Gasteiger partial charge is 0.270 e. The second-order valence-electron chi connectivity index (χ2n) is 7.28. The molecule has 31 heavy (non-hydrogen) atoms. The molecule has 0 radical (unpaired) electrons. The van der Waals surface area contributed by atoms with Gasteiger partial charge in [-0.1, -0.05) is 12.1 Å². The zero-order valence-corrected chi connectivity index (χ0v) is 17.3. The zero-order valence-electron chi connectivity index (χ0n) is 17.3. The van der Waals surface area contributed by atoms with E-state index >= 15 is 0 Å². The molecule has 1 saturated heterocycles. The summed E-state index contributed by atoms with van der Waals surface area (Å²) in [4.78, 5) is 25.9. The number of carbonyl (C=O) groups is 1. The Labute approximate surface area is 178 Å². The Morgan fingerprint density at radius 1 is 1.23 bits per heavy atom. The number of morpholine rings is 1. The van der Waals surface area contributed by atoms with Gasteiger partial charge in [-0.3, -0.25) is 14.9 Å². The molecular formula is C22H23N3O6. The van der Waals surface area contributed by atoms with E-state index in [1.54, 1.807) is 26.2 Å². The third-order valence-electron chi connectivity index (χ3n) is 5.31. The molecule has 2 heterocycles. The topological polar surface area (TPSA) is 107 Å². The van der Waals surface area contributed by atoms with E-state index in [1.165, 1.54) is 12.1 Å². The summed E-state index contributed by atoms with van der Waals surface area (Å²) < 4.78 is 16.6. The third kappa shape index (κ3) is 4.17. The fourth-order valence-corrected chi connectivity index (χ4v) is 3.68. The van der Waals surface area contributed by atoms with Crippen molar-refractivity contribution in [1.29, 1.82) is 0 Å². The van der Waals surface area contributed by atoms with Gasteiger partial charge in [-0.15, -0.1) is 0 Å². The van der Waals surface area contributed by atoms with Crippen LogP contribution in [0.15, 0.2) is 46.9 Å². The SMILES string of the molecule is COc1cccc2cc(C(C)NC(=O)c3cc([N+](=O)[O-])ccc3N3CCOCC3)oc12. The molecule has 1 unspecified atom stereocenters. The highest BCUT2D eigenvalue weighted by Gasteiger charge is 2.24. The van der Waals surface area contributed by atoms with Gasteiger partial charge in [0.25, 0.3) is 11.6 Å². The first-order valence-corrected chi connectivity index (χ1v) is 9.96. The monoisotopic (exact) mass is 425 g/mol. The highest BCUT2D eigenvalue weighted by Crippen LogP contribution is 2.32. The lowest BCUT2D eigenvalue weighted by Crippen LogP contribution is -2.38. The molecule has 0 saturated carbocycles. The number of hydrogen-bond donors (Lipinski definition) is 1.